The van der Waals surface area contributed by atoms with Crippen molar-refractivity contribution in [1.82, 2.24) is 14.9 Å². The minimum absolute atomic E-state index is 0.0484. The van der Waals surface area contributed by atoms with Crippen LogP contribution in [0.4, 0.5) is 16.3 Å². The monoisotopic (exact) mass is 272 g/mol. The van der Waals surface area contributed by atoms with Gasteiger partial charge in [-0.1, -0.05) is 0 Å². The number of aromatic nitrogens is 2. The van der Waals surface area contributed by atoms with Crippen molar-refractivity contribution in [2.45, 2.75) is 0 Å². The molecule has 1 aromatic heterocycles. The number of hydrazine groups is 1. The van der Waals surface area contributed by atoms with Crippen LogP contribution in [0, 0.1) is 0 Å². The largest absolute Gasteiger partial charge is 0.378 e. The lowest BCUT2D eigenvalue weighted by molar-refractivity contribution is 0.0564. The van der Waals surface area contributed by atoms with Gasteiger partial charge in [0.25, 0.3) is 0 Å². The summed E-state index contributed by atoms with van der Waals surface area (Å²) in [6, 6.07) is -0.249. The fourth-order valence-electron chi connectivity index (χ4n) is 1.52. The summed E-state index contributed by atoms with van der Waals surface area (Å²) in [4.78, 5) is 21.2. The van der Waals surface area contributed by atoms with Crippen molar-refractivity contribution in [2.75, 3.05) is 37.0 Å². The first-order valence-electron chi connectivity index (χ1n) is 5.33. The van der Waals surface area contributed by atoms with Gasteiger partial charge < -0.3 is 20.4 Å². The first kappa shape index (κ1) is 12.8. The number of hydrogen-bond donors (Lipinski definition) is 3. The number of nitrogens with zero attached hydrogens (tertiary/aromatic N) is 3. The molecule has 0 atom stereocenters. The van der Waals surface area contributed by atoms with Crippen molar-refractivity contribution in [2.24, 2.45) is 5.84 Å². The molecule has 0 saturated carbocycles. The number of halogens is 1. The van der Waals surface area contributed by atoms with E-state index in [0.717, 1.165) is 0 Å². The molecule has 0 radical (unpaired) electrons. The van der Waals surface area contributed by atoms with E-state index in [4.69, 9.17) is 22.2 Å². The van der Waals surface area contributed by atoms with E-state index in [0.29, 0.717) is 32.0 Å². The van der Waals surface area contributed by atoms with E-state index in [1.807, 2.05) is 0 Å². The highest BCUT2D eigenvalue weighted by molar-refractivity contribution is 6.28. The van der Waals surface area contributed by atoms with Gasteiger partial charge in [-0.2, -0.15) is 4.98 Å². The summed E-state index contributed by atoms with van der Waals surface area (Å²) >= 11 is 5.62. The van der Waals surface area contributed by atoms with Gasteiger partial charge in [-0.25, -0.2) is 15.6 Å². The molecule has 0 unspecified atom stereocenters. The fourth-order valence-corrected chi connectivity index (χ4v) is 1.66. The zero-order valence-corrected chi connectivity index (χ0v) is 10.3. The maximum Gasteiger partial charge on any atom is 0.322 e. The van der Waals surface area contributed by atoms with Crippen molar-refractivity contribution < 1.29 is 9.53 Å². The van der Waals surface area contributed by atoms with Gasteiger partial charge in [-0.3, -0.25) is 0 Å². The Morgan fingerprint density at radius 3 is 2.89 bits per heavy atom. The SMILES string of the molecule is NNc1nc(Cl)ncc1NC(=O)N1CCOCC1. The third kappa shape index (κ3) is 2.97. The first-order valence-corrected chi connectivity index (χ1v) is 5.71. The predicted octanol–water partition coefficient (Wildman–Crippen LogP) is 0.280. The summed E-state index contributed by atoms with van der Waals surface area (Å²) < 4.78 is 5.16. The molecule has 0 aromatic carbocycles. The molecule has 0 spiro atoms. The number of nitrogens with two attached hydrogens (primary N) is 1. The van der Waals surface area contributed by atoms with Crippen molar-refractivity contribution in [3.63, 3.8) is 0 Å². The topological polar surface area (TPSA) is 105 Å². The number of carbonyl (C=O) groups excluding carboxylic acids is 1. The summed E-state index contributed by atoms with van der Waals surface area (Å²) in [5.74, 6) is 5.55. The number of carbonyl (C=O) groups is 1. The van der Waals surface area contributed by atoms with Crippen LogP contribution in [0.2, 0.25) is 5.28 Å². The number of ether oxygens (including phenoxy) is 1. The molecule has 9 heteroatoms. The van der Waals surface area contributed by atoms with Gasteiger partial charge in [-0.15, -0.1) is 0 Å². The van der Waals surface area contributed by atoms with E-state index in [9.17, 15) is 4.79 Å². The molecule has 98 valence electrons. The van der Waals surface area contributed by atoms with E-state index in [-0.39, 0.29) is 17.1 Å². The predicted molar refractivity (Wildman–Crippen MR) is 66.3 cm³/mol. The second kappa shape index (κ2) is 5.80. The number of urea groups is 1. The molecule has 1 aromatic rings. The van der Waals surface area contributed by atoms with Crippen LogP contribution in [-0.2, 0) is 4.74 Å². The summed E-state index contributed by atoms with van der Waals surface area (Å²) in [7, 11) is 0. The normalized spacial score (nSPS) is 15.3. The molecule has 1 fully saturated rings. The molecule has 8 nitrogen and oxygen atoms in total. The lowest BCUT2D eigenvalue weighted by Crippen LogP contribution is -2.43. The van der Waals surface area contributed by atoms with E-state index < -0.39 is 0 Å². The molecular weight excluding hydrogens is 260 g/mol. The van der Waals surface area contributed by atoms with Crippen molar-refractivity contribution in [3.05, 3.63) is 11.5 Å². The molecule has 0 aliphatic carbocycles. The summed E-state index contributed by atoms with van der Waals surface area (Å²) in [5, 5.41) is 2.71. The van der Waals surface area contributed by atoms with Gasteiger partial charge in [0.05, 0.1) is 19.4 Å². The first-order chi connectivity index (χ1) is 8.70. The Hall–Kier alpha value is -1.64. The van der Waals surface area contributed by atoms with E-state index in [1.54, 1.807) is 4.90 Å². The number of nitrogen functional groups attached to an aromatic ring is 1. The summed E-state index contributed by atoms with van der Waals surface area (Å²) in [6.07, 6.45) is 1.39. The minimum atomic E-state index is -0.249. The summed E-state index contributed by atoms with van der Waals surface area (Å²) in [6.45, 7) is 2.16. The molecule has 18 heavy (non-hydrogen) atoms. The van der Waals surface area contributed by atoms with Gasteiger partial charge in [0, 0.05) is 13.1 Å². The Morgan fingerprint density at radius 1 is 1.50 bits per heavy atom. The average Bonchev–Trinajstić information content (AvgIpc) is 2.41. The average molecular weight is 273 g/mol. The molecule has 1 aliphatic rings. The molecule has 1 saturated heterocycles. The second-order valence-corrected chi connectivity index (χ2v) is 3.91. The van der Waals surface area contributed by atoms with Gasteiger partial charge in [0.2, 0.25) is 5.28 Å². The molecule has 0 bridgehead atoms. The zero-order chi connectivity index (χ0) is 13.0. The van der Waals surface area contributed by atoms with Crippen LogP contribution in [0.15, 0.2) is 6.20 Å². The van der Waals surface area contributed by atoms with Crippen LogP contribution in [0.5, 0.6) is 0 Å². The zero-order valence-electron chi connectivity index (χ0n) is 9.52. The van der Waals surface area contributed by atoms with E-state index in [2.05, 4.69) is 20.7 Å². The summed E-state index contributed by atoms with van der Waals surface area (Å²) in [5.41, 5.74) is 2.72. The van der Waals surface area contributed by atoms with Crippen LogP contribution in [-0.4, -0.2) is 47.2 Å². The Balaban J connectivity index is 2.06. The second-order valence-electron chi connectivity index (χ2n) is 3.58. The van der Waals surface area contributed by atoms with Crippen LogP contribution in [0.1, 0.15) is 0 Å². The molecule has 2 heterocycles. The van der Waals surface area contributed by atoms with Crippen molar-refractivity contribution in [3.8, 4) is 0 Å². The van der Waals surface area contributed by atoms with E-state index >= 15 is 0 Å². The highest BCUT2D eigenvalue weighted by Crippen LogP contribution is 2.19. The maximum atomic E-state index is 11.9. The number of nitrogens with one attached hydrogen (secondary N) is 2. The number of morpholine rings is 1. The van der Waals surface area contributed by atoms with Crippen LogP contribution in [0.25, 0.3) is 0 Å². The Kier molecular flexibility index (Phi) is 4.13. The van der Waals surface area contributed by atoms with Gasteiger partial charge in [0.15, 0.2) is 5.82 Å². The van der Waals surface area contributed by atoms with E-state index in [1.165, 1.54) is 6.20 Å². The third-order valence-electron chi connectivity index (χ3n) is 2.44. The number of rotatable bonds is 2. The van der Waals surface area contributed by atoms with Crippen molar-refractivity contribution in [1.29, 1.82) is 0 Å². The number of amides is 2. The van der Waals surface area contributed by atoms with Gasteiger partial charge >= 0.3 is 6.03 Å². The number of hydrogen-bond acceptors (Lipinski definition) is 6. The molecular formula is C9H13ClN6O2. The third-order valence-corrected chi connectivity index (χ3v) is 2.62. The highest BCUT2D eigenvalue weighted by atomic mass is 35.5. The maximum absolute atomic E-state index is 11.9. The molecule has 1 aliphatic heterocycles. The molecule has 4 N–H and O–H groups in total. The van der Waals surface area contributed by atoms with Gasteiger partial charge in [0.1, 0.15) is 5.69 Å². The Labute approximate surface area is 108 Å². The van der Waals surface area contributed by atoms with Gasteiger partial charge in [-0.05, 0) is 11.6 Å². The molecule has 2 amide bonds. The standard InChI is InChI=1S/C9H13ClN6O2/c10-8-12-5-6(7(14-8)15-11)13-9(17)16-1-3-18-4-2-16/h5H,1-4,11H2,(H,13,17)(H,12,14,15). The highest BCUT2D eigenvalue weighted by Gasteiger charge is 2.18. The quantitative estimate of drug-likeness (QED) is 0.406. The van der Waals surface area contributed by atoms with Crippen LogP contribution < -0.4 is 16.6 Å². The van der Waals surface area contributed by atoms with Crippen LogP contribution in [0.3, 0.4) is 0 Å². The lowest BCUT2D eigenvalue weighted by Gasteiger charge is -2.27. The molecule has 2 rings (SSSR count). The van der Waals surface area contributed by atoms with Crippen molar-refractivity contribution >= 4 is 29.1 Å². The fraction of sp³-hybridized carbons (Fsp3) is 0.444. The Morgan fingerprint density at radius 2 is 2.22 bits per heavy atom. The number of anilines is 2. The smallest absolute Gasteiger partial charge is 0.322 e. The Bertz CT molecular complexity index is 437. The lowest BCUT2D eigenvalue weighted by atomic mass is 10.4. The van der Waals surface area contributed by atoms with Crippen LogP contribution >= 0.6 is 11.6 Å². The minimum Gasteiger partial charge on any atom is -0.378 e.